The van der Waals surface area contributed by atoms with Gasteiger partial charge in [0.2, 0.25) is 10.0 Å². The number of para-hydroxylation sites is 2. The van der Waals surface area contributed by atoms with E-state index >= 15 is 0 Å². The molecular weight excluding hydrogens is 386 g/mol. The molecule has 2 heterocycles. The first-order valence-electron chi connectivity index (χ1n) is 9.52. The third-order valence-corrected chi connectivity index (χ3v) is 6.29. The number of fused-ring (bicyclic) bond motifs is 2. The van der Waals surface area contributed by atoms with E-state index in [0.29, 0.717) is 13.1 Å². The van der Waals surface area contributed by atoms with Gasteiger partial charge >= 0.3 is 0 Å². The molecule has 8 heteroatoms. The molecule has 7 nitrogen and oxygen atoms in total. The Morgan fingerprint density at radius 2 is 1.97 bits per heavy atom. The second kappa shape index (κ2) is 8.28. The highest BCUT2D eigenvalue weighted by molar-refractivity contribution is 7.89. The number of aromatic amines is 1. The van der Waals surface area contributed by atoms with Gasteiger partial charge in [0, 0.05) is 43.3 Å². The minimum Gasteiger partial charge on any atom is -0.342 e. The maximum atomic E-state index is 12.7. The minimum atomic E-state index is -3.59. The van der Waals surface area contributed by atoms with E-state index in [4.69, 9.17) is 0 Å². The Morgan fingerprint density at radius 1 is 1.10 bits per heavy atom. The number of hydrogen-bond acceptors (Lipinski definition) is 5. The van der Waals surface area contributed by atoms with E-state index in [1.54, 1.807) is 36.7 Å². The fourth-order valence-corrected chi connectivity index (χ4v) is 4.53. The number of aromatic nitrogens is 3. The standard InChI is InChI=1S/C21H23N5O2S/c1-15(13-22-11-9-21-24-19-4-2-3-5-20(19)25-21)26-29(27,28)18-7-6-17-14-23-10-8-16(17)12-18/h2-8,10,12,14-15,22,26H,9,11,13H2,1H3,(H,24,25). The molecule has 0 radical (unpaired) electrons. The molecule has 2 aromatic heterocycles. The highest BCUT2D eigenvalue weighted by atomic mass is 32.2. The van der Waals surface area contributed by atoms with Crippen molar-refractivity contribution in [3.05, 3.63) is 66.7 Å². The average Bonchev–Trinajstić information content (AvgIpc) is 3.13. The highest BCUT2D eigenvalue weighted by Gasteiger charge is 2.17. The van der Waals surface area contributed by atoms with Crippen molar-refractivity contribution in [3.63, 3.8) is 0 Å². The maximum Gasteiger partial charge on any atom is 0.240 e. The van der Waals surface area contributed by atoms with Crippen LogP contribution >= 0.6 is 0 Å². The van der Waals surface area contributed by atoms with E-state index < -0.39 is 10.0 Å². The van der Waals surface area contributed by atoms with Gasteiger partial charge in [-0.05, 0) is 42.6 Å². The van der Waals surface area contributed by atoms with Crippen molar-refractivity contribution in [1.29, 1.82) is 0 Å². The van der Waals surface area contributed by atoms with Crippen LogP contribution in [-0.4, -0.2) is 42.5 Å². The molecular formula is C21H23N5O2S. The molecule has 0 saturated heterocycles. The molecule has 29 heavy (non-hydrogen) atoms. The Morgan fingerprint density at radius 3 is 2.83 bits per heavy atom. The Kier molecular flexibility index (Phi) is 5.57. The number of benzene rings is 2. The van der Waals surface area contributed by atoms with Crippen LogP contribution < -0.4 is 10.0 Å². The Bertz CT molecular complexity index is 1200. The van der Waals surface area contributed by atoms with Gasteiger partial charge < -0.3 is 10.3 Å². The van der Waals surface area contributed by atoms with Crippen molar-refractivity contribution in [3.8, 4) is 0 Å². The van der Waals surface area contributed by atoms with Crippen molar-refractivity contribution >= 4 is 31.8 Å². The first-order chi connectivity index (χ1) is 14.0. The molecule has 0 aliphatic rings. The number of H-pyrrole nitrogens is 1. The molecule has 1 atom stereocenters. The molecule has 0 fully saturated rings. The SMILES string of the molecule is CC(CNCCc1nc2ccccc2[nH]1)NS(=O)(=O)c1ccc2cnccc2c1. The molecule has 2 aromatic carbocycles. The largest absolute Gasteiger partial charge is 0.342 e. The number of hydrogen-bond donors (Lipinski definition) is 3. The van der Waals surface area contributed by atoms with Crippen molar-refractivity contribution in [2.24, 2.45) is 0 Å². The molecule has 0 aliphatic heterocycles. The molecule has 0 saturated carbocycles. The predicted molar refractivity (Wildman–Crippen MR) is 114 cm³/mol. The van der Waals surface area contributed by atoms with Crippen LogP contribution in [0.1, 0.15) is 12.7 Å². The van der Waals surface area contributed by atoms with E-state index in [1.165, 1.54) is 0 Å². The van der Waals surface area contributed by atoms with Gasteiger partial charge in [-0.2, -0.15) is 0 Å². The Labute approximate surface area is 169 Å². The summed E-state index contributed by atoms with van der Waals surface area (Å²) < 4.78 is 28.1. The van der Waals surface area contributed by atoms with Crippen molar-refractivity contribution < 1.29 is 8.42 Å². The summed E-state index contributed by atoms with van der Waals surface area (Å²) in [5.41, 5.74) is 1.98. The molecule has 4 rings (SSSR count). The van der Waals surface area contributed by atoms with Crippen molar-refractivity contribution in [2.45, 2.75) is 24.3 Å². The molecule has 4 aromatic rings. The van der Waals surface area contributed by atoms with E-state index in [9.17, 15) is 8.42 Å². The molecule has 0 amide bonds. The minimum absolute atomic E-state index is 0.246. The number of nitrogens with one attached hydrogen (secondary N) is 3. The number of rotatable bonds is 8. The number of nitrogens with zero attached hydrogens (tertiary/aromatic N) is 2. The van der Waals surface area contributed by atoms with E-state index in [2.05, 4.69) is 25.0 Å². The van der Waals surface area contributed by atoms with Crippen LogP contribution in [0.2, 0.25) is 0 Å². The van der Waals surface area contributed by atoms with E-state index in [1.807, 2.05) is 31.2 Å². The smallest absolute Gasteiger partial charge is 0.240 e. The topological polar surface area (TPSA) is 99.8 Å². The predicted octanol–water partition coefficient (Wildman–Crippen LogP) is 2.61. The van der Waals surface area contributed by atoms with Gasteiger partial charge in [-0.15, -0.1) is 0 Å². The molecule has 0 spiro atoms. The van der Waals surface area contributed by atoms with Crippen LogP contribution in [0.15, 0.2) is 65.8 Å². The summed E-state index contributed by atoms with van der Waals surface area (Å²) >= 11 is 0. The monoisotopic (exact) mass is 409 g/mol. The van der Waals surface area contributed by atoms with Crippen LogP contribution in [0.3, 0.4) is 0 Å². The first kappa shape index (κ1) is 19.5. The zero-order valence-corrected chi connectivity index (χ0v) is 16.9. The van der Waals surface area contributed by atoms with Gasteiger partial charge in [-0.25, -0.2) is 18.1 Å². The fourth-order valence-electron chi connectivity index (χ4n) is 3.25. The average molecular weight is 410 g/mol. The van der Waals surface area contributed by atoms with Crippen molar-refractivity contribution in [1.82, 2.24) is 25.0 Å². The molecule has 3 N–H and O–H groups in total. The van der Waals surface area contributed by atoms with Crippen LogP contribution in [0.25, 0.3) is 21.8 Å². The van der Waals surface area contributed by atoms with E-state index in [-0.39, 0.29) is 10.9 Å². The van der Waals surface area contributed by atoms with Crippen LogP contribution in [0.5, 0.6) is 0 Å². The summed E-state index contributed by atoms with van der Waals surface area (Å²) in [4.78, 5) is 12.1. The number of imidazole rings is 1. The first-order valence-corrected chi connectivity index (χ1v) is 11.0. The Balaban J connectivity index is 1.30. The van der Waals surface area contributed by atoms with Gasteiger partial charge in [0.1, 0.15) is 5.82 Å². The summed E-state index contributed by atoms with van der Waals surface area (Å²) in [6, 6.07) is 14.5. The van der Waals surface area contributed by atoms with Crippen LogP contribution in [0.4, 0.5) is 0 Å². The summed E-state index contributed by atoms with van der Waals surface area (Å²) in [7, 11) is -3.59. The summed E-state index contributed by atoms with van der Waals surface area (Å²) in [5, 5.41) is 5.04. The lowest BCUT2D eigenvalue weighted by molar-refractivity contribution is 0.536. The van der Waals surface area contributed by atoms with Crippen LogP contribution in [0, 0.1) is 0 Å². The van der Waals surface area contributed by atoms with E-state index in [0.717, 1.165) is 34.1 Å². The van der Waals surface area contributed by atoms with Gasteiger partial charge in [-0.3, -0.25) is 4.98 Å². The molecule has 0 bridgehead atoms. The second-order valence-corrected chi connectivity index (χ2v) is 8.78. The van der Waals surface area contributed by atoms with Gasteiger partial charge in [0.25, 0.3) is 0 Å². The fraction of sp³-hybridized carbons (Fsp3) is 0.238. The Hall–Kier alpha value is -2.81. The third kappa shape index (κ3) is 4.61. The molecule has 150 valence electrons. The zero-order valence-electron chi connectivity index (χ0n) is 16.1. The van der Waals surface area contributed by atoms with Gasteiger partial charge in [-0.1, -0.05) is 18.2 Å². The van der Waals surface area contributed by atoms with Crippen molar-refractivity contribution in [2.75, 3.05) is 13.1 Å². The van der Waals surface area contributed by atoms with Gasteiger partial charge in [0.05, 0.1) is 15.9 Å². The molecule has 0 aliphatic carbocycles. The lowest BCUT2D eigenvalue weighted by Gasteiger charge is -2.15. The second-order valence-electron chi connectivity index (χ2n) is 7.06. The highest BCUT2D eigenvalue weighted by Crippen LogP contribution is 2.18. The zero-order chi connectivity index (χ0) is 20.3. The lowest BCUT2D eigenvalue weighted by Crippen LogP contribution is -2.40. The quantitative estimate of drug-likeness (QED) is 0.389. The lowest BCUT2D eigenvalue weighted by atomic mass is 10.2. The summed E-state index contributed by atoms with van der Waals surface area (Å²) in [6.07, 6.45) is 4.11. The van der Waals surface area contributed by atoms with Gasteiger partial charge in [0.15, 0.2) is 0 Å². The maximum absolute atomic E-state index is 12.7. The summed E-state index contributed by atoms with van der Waals surface area (Å²) in [6.45, 7) is 3.07. The number of pyridine rings is 1. The molecule has 1 unspecified atom stereocenters. The number of sulfonamides is 1. The third-order valence-electron chi connectivity index (χ3n) is 4.71. The summed E-state index contributed by atoms with van der Waals surface area (Å²) in [5.74, 6) is 0.914. The van der Waals surface area contributed by atoms with Crippen LogP contribution in [-0.2, 0) is 16.4 Å². The normalized spacial score (nSPS) is 13.1.